The van der Waals surface area contributed by atoms with Crippen molar-refractivity contribution in [2.24, 2.45) is 0 Å². The van der Waals surface area contributed by atoms with Crippen molar-refractivity contribution in [1.82, 2.24) is 0 Å². The fourth-order valence-electron chi connectivity index (χ4n) is 2.92. The van der Waals surface area contributed by atoms with Crippen molar-refractivity contribution in [1.29, 1.82) is 0 Å². The van der Waals surface area contributed by atoms with Gasteiger partial charge in [0, 0.05) is 5.56 Å². The van der Waals surface area contributed by atoms with Crippen molar-refractivity contribution in [3.05, 3.63) is 65.7 Å². The first-order chi connectivity index (χ1) is 11.0. The van der Waals surface area contributed by atoms with Crippen LogP contribution >= 0.6 is 0 Å². The number of carbonyl (C=O) groups excluding carboxylic acids is 2. The van der Waals surface area contributed by atoms with Crippen molar-refractivity contribution in [2.45, 2.75) is 25.2 Å². The summed E-state index contributed by atoms with van der Waals surface area (Å²) in [6.45, 7) is 1.22. The Balaban J connectivity index is 2.07. The Labute approximate surface area is 133 Å². The Morgan fingerprint density at radius 1 is 1.17 bits per heavy atom. The molecular weight excluding hydrogens is 297 g/mol. The van der Waals surface area contributed by atoms with Crippen LogP contribution < -0.4 is 4.90 Å². The zero-order valence-electron chi connectivity index (χ0n) is 12.6. The molecule has 0 fully saturated rings. The molecule has 0 unspecified atom stereocenters. The van der Waals surface area contributed by atoms with Crippen LogP contribution in [0.3, 0.4) is 0 Å². The second kappa shape index (κ2) is 5.59. The first kappa shape index (κ1) is 15.4. The summed E-state index contributed by atoms with van der Waals surface area (Å²) < 4.78 is 14.4. The van der Waals surface area contributed by atoms with Crippen LogP contribution in [0.4, 0.5) is 10.1 Å². The largest absolute Gasteiger partial charge is 0.373 e. The van der Waals surface area contributed by atoms with Crippen molar-refractivity contribution >= 4 is 17.4 Å². The number of aliphatic hydroxyl groups is 1. The minimum Gasteiger partial charge on any atom is -0.373 e. The molecular formula is C18H16FNO3. The molecule has 5 heteroatoms. The van der Waals surface area contributed by atoms with Gasteiger partial charge in [0.25, 0.3) is 5.91 Å². The number of para-hydroxylation sites is 1. The summed E-state index contributed by atoms with van der Waals surface area (Å²) in [5.74, 6) is -1.69. The molecule has 3 rings (SSSR count). The highest BCUT2D eigenvalue weighted by atomic mass is 19.1. The normalized spacial score (nSPS) is 21.2. The lowest BCUT2D eigenvalue weighted by molar-refractivity contribution is -0.151. The van der Waals surface area contributed by atoms with E-state index in [1.54, 1.807) is 18.2 Å². The third kappa shape index (κ3) is 2.33. The molecule has 0 aromatic heterocycles. The van der Waals surface area contributed by atoms with Crippen LogP contribution in [0.2, 0.25) is 0 Å². The lowest BCUT2D eigenvalue weighted by Crippen LogP contribution is -2.49. The molecule has 118 valence electrons. The van der Waals surface area contributed by atoms with Gasteiger partial charge in [-0.15, -0.1) is 0 Å². The number of hydrogen-bond acceptors (Lipinski definition) is 3. The average Bonchev–Trinajstić information content (AvgIpc) is 2.78. The fraction of sp³-hybridized carbons (Fsp3) is 0.222. The van der Waals surface area contributed by atoms with Crippen LogP contribution in [-0.2, 0) is 21.7 Å². The summed E-state index contributed by atoms with van der Waals surface area (Å²) in [6.07, 6.45) is -2.29. The molecule has 0 saturated carbocycles. The third-order valence-corrected chi connectivity index (χ3v) is 4.08. The maximum atomic E-state index is 14.4. The second-order valence-corrected chi connectivity index (χ2v) is 5.63. The number of anilines is 1. The minimum absolute atomic E-state index is 0.128. The van der Waals surface area contributed by atoms with E-state index < -0.39 is 23.5 Å². The molecule has 2 atom stereocenters. The van der Waals surface area contributed by atoms with E-state index in [1.165, 1.54) is 11.0 Å². The molecule has 1 amide bonds. The number of amides is 1. The van der Waals surface area contributed by atoms with Crippen LogP contribution in [-0.4, -0.2) is 23.0 Å². The van der Waals surface area contributed by atoms with Crippen LogP contribution in [0.1, 0.15) is 18.1 Å². The molecule has 23 heavy (non-hydrogen) atoms. The molecule has 0 spiro atoms. The van der Waals surface area contributed by atoms with E-state index in [0.29, 0.717) is 5.69 Å². The fourth-order valence-corrected chi connectivity index (χ4v) is 2.92. The van der Waals surface area contributed by atoms with Crippen molar-refractivity contribution in [3.63, 3.8) is 0 Å². The average molecular weight is 313 g/mol. The number of Topliss-reactive ketones (excluding diaryl/α,β-unsaturated/α-hetero) is 1. The van der Waals surface area contributed by atoms with Crippen LogP contribution in [0.5, 0.6) is 0 Å². The number of fused-ring (bicyclic) bond motifs is 1. The first-order valence-electron chi connectivity index (χ1n) is 7.28. The Hall–Kier alpha value is -2.53. The SMILES string of the molecule is CC(=O)[C@@H](F)[C@@]1(O)C(=O)N(Cc2ccccc2)c2ccccc21. The predicted octanol–water partition coefficient (Wildman–Crippen LogP) is 2.35. The van der Waals surface area contributed by atoms with E-state index in [9.17, 15) is 19.1 Å². The number of benzene rings is 2. The van der Waals surface area contributed by atoms with Gasteiger partial charge in [-0.25, -0.2) is 4.39 Å². The van der Waals surface area contributed by atoms with Gasteiger partial charge in [0.2, 0.25) is 5.60 Å². The molecule has 2 aromatic rings. The molecule has 0 bridgehead atoms. The second-order valence-electron chi connectivity index (χ2n) is 5.63. The van der Waals surface area contributed by atoms with Crippen molar-refractivity contribution in [2.75, 3.05) is 4.90 Å². The summed E-state index contributed by atoms with van der Waals surface area (Å²) in [6, 6.07) is 15.6. The van der Waals surface area contributed by atoms with Gasteiger partial charge >= 0.3 is 0 Å². The number of alkyl halides is 1. The zero-order chi connectivity index (χ0) is 16.6. The van der Waals surface area contributed by atoms with Gasteiger partial charge in [0.05, 0.1) is 12.2 Å². The van der Waals surface area contributed by atoms with E-state index >= 15 is 0 Å². The maximum Gasteiger partial charge on any atom is 0.267 e. The predicted molar refractivity (Wildman–Crippen MR) is 83.5 cm³/mol. The Bertz CT molecular complexity index is 762. The lowest BCUT2D eigenvalue weighted by atomic mass is 9.88. The zero-order valence-corrected chi connectivity index (χ0v) is 12.6. The summed E-state index contributed by atoms with van der Waals surface area (Å²) in [5, 5.41) is 10.7. The molecule has 0 radical (unpaired) electrons. The standard InChI is InChI=1S/C18H16FNO3/c1-12(21)16(19)18(23)14-9-5-6-10-15(14)20(17(18)22)11-13-7-3-2-4-8-13/h2-10,16,23H,11H2,1H3/t16-,18-/m1/s1. The van der Waals surface area contributed by atoms with E-state index in [2.05, 4.69) is 0 Å². The number of hydrogen-bond donors (Lipinski definition) is 1. The molecule has 4 nitrogen and oxygen atoms in total. The van der Waals surface area contributed by atoms with Gasteiger partial charge in [0.1, 0.15) is 0 Å². The molecule has 1 aliphatic heterocycles. The van der Waals surface area contributed by atoms with E-state index in [1.807, 2.05) is 30.3 Å². The number of carbonyl (C=O) groups is 2. The molecule has 2 aromatic carbocycles. The number of rotatable bonds is 4. The minimum atomic E-state index is -2.46. The van der Waals surface area contributed by atoms with E-state index in [0.717, 1.165) is 12.5 Å². The summed E-state index contributed by atoms with van der Waals surface area (Å²) in [5.41, 5.74) is -1.06. The molecule has 0 saturated heterocycles. The van der Waals surface area contributed by atoms with E-state index in [-0.39, 0.29) is 12.1 Å². The Kier molecular flexibility index (Phi) is 3.74. The molecule has 1 N–H and O–H groups in total. The highest BCUT2D eigenvalue weighted by Crippen LogP contribution is 2.44. The number of nitrogens with zero attached hydrogens (tertiary/aromatic N) is 1. The highest BCUT2D eigenvalue weighted by Gasteiger charge is 2.56. The quantitative estimate of drug-likeness (QED) is 0.942. The molecule has 1 aliphatic rings. The third-order valence-electron chi connectivity index (χ3n) is 4.08. The smallest absolute Gasteiger partial charge is 0.267 e. The molecule has 1 heterocycles. The lowest BCUT2D eigenvalue weighted by Gasteiger charge is -2.25. The van der Waals surface area contributed by atoms with Gasteiger partial charge in [0.15, 0.2) is 12.0 Å². The highest BCUT2D eigenvalue weighted by molar-refractivity contribution is 6.09. The number of ketones is 1. The van der Waals surface area contributed by atoms with E-state index in [4.69, 9.17) is 0 Å². The van der Waals surface area contributed by atoms with Gasteiger partial charge in [-0.05, 0) is 18.6 Å². The summed E-state index contributed by atoms with van der Waals surface area (Å²) in [4.78, 5) is 25.5. The van der Waals surface area contributed by atoms with Crippen LogP contribution in [0, 0.1) is 0 Å². The Morgan fingerprint density at radius 3 is 2.43 bits per heavy atom. The van der Waals surface area contributed by atoms with Crippen molar-refractivity contribution < 1.29 is 19.1 Å². The van der Waals surface area contributed by atoms with Gasteiger partial charge in [-0.1, -0.05) is 48.5 Å². The first-order valence-corrected chi connectivity index (χ1v) is 7.28. The van der Waals surface area contributed by atoms with Crippen LogP contribution in [0.15, 0.2) is 54.6 Å². The summed E-state index contributed by atoms with van der Waals surface area (Å²) in [7, 11) is 0. The van der Waals surface area contributed by atoms with Gasteiger partial charge in [-0.3, -0.25) is 9.59 Å². The Morgan fingerprint density at radius 2 is 1.78 bits per heavy atom. The van der Waals surface area contributed by atoms with Gasteiger partial charge in [-0.2, -0.15) is 0 Å². The van der Waals surface area contributed by atoms with Crippen molar-refractivity contribution in [3.8, 4) is 0 Å². The monoisotopic (exact) mass is 313 g/mol. The maximum absolute atomic E-state index is 14.4. The molecule has 0 aliphatic carbocycles. The number of halogens is 1. The van der Waals surface area contributed by atoms with Crippen LogP contribution in [0.25, 0.3) is 0 Å². The summed E-state index contributed by atoms with van der Waals surface area (Å²) >= 11 is 0. The van der Waals surface area contributed by atoms with Gasteiger partial charge < -0.3 is 10.0 Å². The topological polar surface area (TPSA) is 57.6 Å².